The molecule has 0 saturated carbocycles. The van der Waals surface area contributed by atoms with E-state index in [9.17, 15) is 22.7 Å². The fourth-order valence-corrected chi connectivity index (χ4v) is 3.19. The lowest BCUT2D eigenvalue weighted by Gasteiger charge is -2.13. The highest BCUT2D eigenvalue weighted by atomic mass is 79.9. The summed E-state index contributed by atoms with van der Waals surface area (Å²) < 4.78 is 51.5. The monoisotopic (exact) mass is 354 g/mol. The Bertz CT molecular complexity index is 594. The molecule has 0 aliphatic rings. The van der Waals surface area contributed by atoms with Crippen LogP contribution >= 0.6 is 27.3 Å². The zero-order chi connectivity index (χ0) is 14.2. The molecule has 1 aromatic heterocycles. The zero-order valence-electron chi connectivity index (χ0n) is 9.21. The van der Waals surface area contributed by atoms with Crippen molar-refractivity contribution in [3.63, 3.8) is 0 Å². The minimum atomic E-state index is -4.65. The average Bonchev–Trinajstić information content (AvgIpc) is 2.72. The number of benzene rings is 1. The van der Waals surface area contributed by atoms with Gasteiger partial charge in [0.25, 0.3) is 0 Å². The summed E-state index contributed by atoms with van der Waals surface area (Å²) in [6, 6.07) is 3.71. The molecule has 1 N–H and O–H groups in total. The number of hydrogen-bond donors (Lipinski definition) is 1. The summed E-state index contributed by atoms with van der Waals surface area (Å²) in [6.45, 7) is 0. The highest BCUT2D eigenvalue weighted by molar-refractivity contribution is 9.10. The van der Waals surface area contributed by atoms with Gasteiger partial charge in [-0.2, -0.15) is 13.2 Å². The third-order valence-electron chi connectivity index (χ3n) is 2.46. The van der Waals surface area contributed by atoms with E-state index in [1.165, 1.54) is 11.3 Å². The standard InChI is InChI=1S/C12H7BrF4OS/c13-9-1-2-19-11(9)10(18)6-3-7(12(15,16)17)5-8(14)4-6/h1-5,10,18H. The van der Waals surface area contributed by atoms with Crippen LogP contribution in [0.5, 0.6) is 0 Å². The van der Waals surface area contributed by atoms with Crippen molar-refractivity contribution in [1.82, 2.24) is 0 Å². The molecular formula is C12H7BrF4OS. The van der Waals surface area contributed by atoms with E-state index >= 15 is 0 Å². The van der Waals surface area contributed by atoms with Crippen molar-refractivity contribution >= 4 is 27.3 Å². The van der Waals surface area contributed by atoms with Crippen LogP contribution in [0.4, 0.5) is 17.6 Å². The Hall–Kier alpha value is -0.920. The molecule has 1 unspecified atom stereocenters. The zero-order valence-corrected chi connectivity index (χ0v) is 11.6. The Labute approximate surface area is 118 Å². The molecule has 1 heterocycles. The molecule has 2 rings (SSSR count). The molecule has 0 aliphatic carbocycles. The molecule has 2 aromatic rings. The van der Waals surface area contributed by atoms with Gasteiger partial charge in [0.15, 0.2) is 0 Å². The van der Waals surface area contributed by atoms with Gasteiger partial charge < -0.3 is 5.11 Å². The number of hydrogen-bond acceptors (Lipinski definition) is 2. The van der Waals surface area contributed by atoms with Gasteiger partial charge in [-0.1, -0.05) is 0 Å². The minimum Gasteiger partial charge on any atom is -0.383 e. The maximum atomic E-state index is 13.2. The van der Waals surface area contributed by atoms with Crippen molar-refractivity contribution in [3.8, 4) is 0 Å². The Morgan fingerprint density at radius 2 is 1.89 bits per heavy atom. The smallest absolute Gasteiger partial charge is 0.383 e. The lowest BCUT2D eigenvalue weighted by Crippen LogP contribution is -2.08. The van der Waals surface area contributed by atoms with Crippen LogP contribution < -0.4 is 0 Å². The highest BCUT2D eigenvalue weighted by Gasteiger charge is 2.32. The third kappa shape index (κ3) is 3.16. The van der Waals surface area contributed by atoms with Gasteiger partial charge in [-0.05, 0) is 51.1 Å². The molecule has 0 bridgehead atoms. The normalized spacial score (nSPS) is 13.6. The number of alkyl halides is 3. The first-order valence-electron chi connectivity index (χ1n) is 5.07. The molecular weight excluding hydrogens is 348 g/mol. The van der Waals surface area contributed by atoms with Gasteiger partial charge >= 0.3 is 6.18 Å². The van der Waals surface area contributed by atoms with Crippen LogP contribution in [0, 0.1) is 5.82 Å². The lowest BCUT2D eigenvalue weighted by atomic mass is 10.0. The number of rotatable bonds is 2. The Balaban J connectivity index is 2.46. The molecule has 0 fully saturated rings. The van der Waals surface area contributed by atoms with Gasteiger partial charge in [0.2, 0.25) is 0 Å². The van der Waals surface area contributed by atoms with Gasteiger partial charge in [-0.15, -0.1) is 11.3 Å². The van der Waals surface area contributed by atoms with E-state index in [0.29, 0.717) is 15.4 Å². The molecule has 0 spiro atoms. The lowest BCUT2D eigenvalue weighted by molar-refractivity contribution is -0.137. The third-order valence-corrected chi connectivity index (χ3v) is 4.38. The van der Waals surface area contributed by atoms with Crippen molar-refractivity contribution in [2.45, 2.75) is 12.3 Å². The maximum Gasteiger partial charge on any atom is 0.416 e. The summed E-state index contributed by atoms with van der Waals surface area (Å²) in [7, 11) is 0. The number of aliphatic hydroxyl groups is 1. The van der Waals surface area contributed by atoms with Crippen LogP contribution in [0.2, 0.25) is 0 Å². The minimum absolute atomic E-state index is 0.129. The summed E-state index contributed by atoms with van der Waals surface area (Å²) in [5.74, 6) is -1.03. The summed E-state index contributed by atoms with van der Waals surface area (Å²) in [5.41, 5.74) is -1.25. The van der Waals surface area contributed by atoms with Crippen molar-refractivity contribution in [2.75, 3.05) is 0 Å². The molecule has 1 atom stereocenters. The van der Waals surface area contributed by atoms with Gasteiger partial charge in [0.1, 0.15) is 11.9 Å². The highest BCUT2D eigenvalue weighted by Crippen LogP contribution is 2.36. The van der Waals surface area contributed by atoms with E-state index in [2.05, 4.69) is 15.9 Å². The second kappa shape index (κ2) is 5.22. The van der Waals surface area contributed by atoms with E-state index in [1.54, 1.807) is 11.4 Å². The molecule has 19 heavy (non-hydrogen) atoms. The predicted molar refractivity (Wildman–Crippen MR) is 67.5 cm³/mol. The second-order valence-electron chi connectivity index (χ2n) is 3.81. The van der Waals surface area contributed by atoms with Gasteiger partial charge in [0, 0.05) is 4.47 Å². The summed E-state index contributed by atoms with van der Waals surface area (Å²) >= 11 is 4.35. The molecule has 1 nitrogen and oxygen atoms in total. The Kier molecular flexibility index (Phi) is 3.98. The molecule has 0 radical (unpaired) electrons. The van der Waals surface area contributed by atoms with E-state index in [-0.39, 0.29) is 5.56 Å². The first-order chi connectivity index (χ1) is 8.79. The molecule has 102 valence electrons. The summed E-state index contributed by atoms with van der Waals surface area (Å²) in [4.78, 5) is 0.429. The second-order valence-corrected chi connectivity index (χ2v) is 5.61. The van der Waals surface area contributed by atoms with E-state index < -0.39 is 23.7 Å². The largest absolute Gasteiger partial charge is 0.416 e. The van der Waals surface area contributed by atoms with Crippen LogP contribution in [0.15, 0.2) is 34.1 Å². The molecule has 0 saturated heterocycles. The Morgan fingerprint density at radius 3 is 2.42 bits per heavy atom. The Morgan fingerprint density at radius 1 is 1.21 bits per heavy atom. The number of halogens is 5. The molecule has 0 aliphatic heterocycles. The van der Waals surface area contributed by atoms with Crippen molar-refractivity contribution in [2.24, 2.45) is 0 Å². The van der Waals surface area contributed by atoms with Crippen LogP contribution in [-0.2, 0) is 6.18 Å². The van der Waals surface area contributed by atoms with Crippen molar-refractivity contribution in [1.29, 1.82) is 0 Å². The maximum absolute atomic E-state index is 13.2. The fraction of sp³-hybridized carbons (Fsp3) is 0.167. The van der Waals surface area contributed by atoms with E-state index in [0.717, 1.165) is 12.1 Å². The van der Waals surface area contributed by atoms with Crippen molar-refractivity contribution < 1.29 is 22.7 Å². The molecule has 1 aromatic carbocycles. The number of thiophene rings is 1. The quantitative estimate of drug-likeness (QED) is 0.771. The number of aliphatic hydroxyl groups excluding tert-OH is 1. The summed E-state index contributed by atoms with van der Waals surface area (Å²) in [6.07, 6.45) is -5.95. The van der Waals surface area contributed by atoms with Crippen LogP contribution in [0.25, 0.3) is 0 Å². The molecule has 0 amide bonds. The molecule has 7 heteroatoms. The first-order valence-corrected chi connectivity index (χ1v) is 6.75. The van der Waals surface area contributed by atoms with Crippen molar-refractivity contribution in [3.05, 3.63) is 55.9 Å². The predicted octanol–water partition coefficient (Wildman–Crippen LogP) is 4.75. The van der Waals surface area contributed by atoms with E-state index in [1.807, 2.05) is 0 Å². The average molecular weight is 355 g/mol. The fourth-order valence-electron chi connectivity index (χ4n) is 1.59. The van der Waals surface area contributed by atoms with E-state index in [4.69, 9.17) is 0 Å². The van der Waals surface area contributed by atoms with Gasteiger partial charge in [-0.25, -0.2) is 4.39 Å². The summed E-state index contributed by atoms with van der Waals surface area (Å²) in [5, 5.41) is 11.7. The van der Waals surface area contributed by atoms with Gasteiger partial charge in [0.05, 0.1) is 10.4 Å². The van der Waals surface area contributed by atoms with Gasteiger partial charge in [-0.3, -0.25) is 0 Å². The topological polar surface area (TPSA) is 20.2 Å². The first kappa shape index (κ1) is 14.5. The SMILES string of the molecule is OC(c1cc(F)cc(C(F)(F)F)c1)c1sccc1Br. The van der Waals surface area contributed by atoms with Crippen LogP contribution in [0.3, 0.4) is 0 Å². The van der Waals surface area contributed by atoms with Crippen LogP contribution in [-0.4, -0.2) is 5.11 Å². The van der Waals surface area contributed by atoms with Crippen LogP contribution in [0.1, 0.15) is 22.1 Å².